The van der Waals surface area contributed by atoms with Gasteiger partial charge >= 0.3 is 0 Å². The smallest absolute Gasteiger partial charge is 0.247 e. The molecule has 32 heavy (non-hydrogen) atoms. The lowest BCUT2D eigenvalue weighted by Crippen LogP contribution is -2.49. The molecular weight excluding hydrogens is 428 g/mol. The van der Waals surface area contributed by atoms with Gasteiger partial charge in [-0.1, -0.05) is 48.0 Å². The molecule has 0 aromatic heterocycles. The largest absolute Gasteiger partial charge is 0.490 e. The second kappa shape index (κ2) is 10.4. The molecule has 0 unspecified atom stereocenters. The SMILES string of the molecule is O=C(NO)[C@H]1C[C@H](Oc2cccc(Cl)c2)CC[C@@H]1C(=O)N1CCC(c2ccccc2)CC1. The molecule has 7 heteroatoms. The van der Waals surface area contributed by atoms with Gasteiger partial charge in [0, 0.05) is 18.1 Å². The fourth-order valence-electron chi connectivity index (χ4n) is 5.03. The Hall–Kier alpha value is -2.57. The molecule has 6 nitrogen and oxygen atoms in total. The quantitative estimate of drug-likeness (QED) is 0.515. The number of halogens is 1. The highest BCUT2D eigenvalue weighted by Crippen LogP contribution is 2.36. The number of hydroxylamine groups is 1. The number of amides is 2. The molecule has 0 radical (unpaired) electrons. The second-order valence-electron chi connectivity index (χ2n) is 8.71. The minimum absolute atomic E-state index is 0.00585. The van der Waals surface area contributed by atoms with E-state index >= 15 is 0 Å². The highest BCUT2D eigenvalue weighted by Gasteiger charge is 2.42. The van der Waals surface area contributed by atoms with E-state index in [1.165, 1.54) is 5.56 Å². The van der Waals surface area contributed by atoms with Crippen LogP contribution in [-0.2, 0) is 9.59 Å². The van der Waals surface area contributed by atoms with Crippen LogP contribution in [0, 0.1) is 11.8 Å². The number of nitrogens with zero attached hydrogens (tertiary/aromatic N) is 1. The molecule has 1 saturated heterocycles. The Morgan fingerprint density at radius 2 is 1.72 bits per heavy atom. The van der Waals surface area contributed by atoms with Crippen LogP contribution in [0.25, 0.3) is 0 Å². The highest BCUT2D eigenvalue weighted by atomic mass is 35.5. The highest BCUT2D eigenvalue weighted by molar-refractivity contribution is 6.30. The summed E-state index contributed by atoms with van der Waals surface area (Å²) in [6.45, 7) is 1.37. The van der Waals surface area contributed by atoms with Crippen LogP contribution in [-0.4, -0.2) is 41.1 Å². The fourth-order valence-corrected chi connectivity index (χ4v) is 5.21. The summed E-state index contributed by atoms with van der Waals surface area (Å²) in [5.74, 6) is -0.503. The summed E-state index contributed by atoms with van der Waals surface area (Å²) in [7, 11) is 0. The zero-order chi connectivity index (χ0) is 22.5. The van der Waals surface area contributed by atoms with Crippen molar-refractivity contribution in [1.82, 2.24) is 10.4 Å². The van der Waals surface area contributed by atoms with E-state index < -0.39 is 17.7 Å². The number of rotatable bonds is 5. The van der Waals surface area contributed by atoms with Crippen molar-refractivity contribution in [2.24, 2.45) is 11.8 Å². The molecule has 170 valence electrons. The van der Waals surface area contributed by atoms with Crippen molar-refractivity contribution in [3.63, 3.8) is 0 Å². The zero-order valence-corrected chi connectivity index (χ0v) is 18.7. The second-order valence-corrected chi connectivity index (χ2v) is 9.15. The van der Waals surface area contributed by atoms with Crippen molar-refractivity contribution in [2.75, 3.05) is 13.1 Å². The molecule has 1 aliphatic heterocycles. The van der Waals surface area contributed by atoms with E-state index in [-0.39, 0.29) is 12.0 Å². The number of piperidine rings is 1. The molecular formula is C25H29ClN2O4. The van der Waals surface area contributed by atoms with Crippen molar-refractivity contribution in [1.29, 1.82) is 0 Å². The Morgan fingerprint density at radius 3 is 2.41 bits per heavy atom. The molecule has 2 N–H and O–H groups in total. The molecule has 0 bridgehead atoms. The van der Waals surface area contributed by atoms with E-state index in [0.29, 0.717) is 49.0 Å². The predicted molar refractivity (Wildman–Crippen MR) is 122 cm³/mol. The van der Waals surface area contributed by atoms with Crippen LogP contribution in [0.1, 0.15) is 43.6 Å². The van der Waals surface area contributed by atoms with E-state index in [0.717, 1.165) is 12.8 Å². The Labute approximate surface area is 193 Å². The van der Waals surface area contributed by atoms with E-state index in [9.17, 15) is 14.8 Å². The lowest BCUT2D eigenvalue weighted by molar-refractivity contribution is -0.149. The van der Waals surface area contributed by atoms with Gasteiger partial charge in [0.1, 0.15) is 5.75 Å². The van der Waals surface area contributed by atoms with Gasteiger partial charge in [-0.2, -0.15) is 0 Å². The minimum Gasteiger partial charge on any atom is -0.490 e. The van der Waals surface area contributed by atoms with Gasteiger partial charge in [-0.05, 0) is 61.8 Å². The van der Waals surface area contributed by atoms with Crippen molar-refractivity contribution in [2.45, 2.75) is 44.1 Å². The van der Waals surface area contributed by atoms with Crippen LogP contribution < -0.4 is 10.2 Å². The first kappa shape index (κ1) is 22.6. The third-order valence-electron chi connectivity index (χ3n) is 6.74. The Bertz CT molecular complexity index is 931. The molecule has 2 aromatic rings. The molecule has 2 aromatic carbocycles. The van der Waals surface area contributed by atoms with E-state index in [1.54, 1.807) is 17.6 Å². The standard InChI is InChI=1S/C25H29ClN2O4/c26-19-7-4-8-20(15-19)32-21-9-10-22(23(16-21)24(29)27-31)25(30)28-13-11-18(12-14-28)17-5-2-1-3-6-17/h1-8,15,18,21-23,31H,9-14,16H2,(H,27,29)/t21-,22+,23+/m1/s1. The molecule has 4 rings (SSSR count). The molecule has 1 aliphatic carbocycles. The minimum atomic E-state index is -0.628. The molecule has 3 atom stereocenters. The fraction of sp³-hybridized carbons (Fsp3) is 0.440. The molecule has 1 heterocycles. The number of hydrogen-bond donors (Lipinski definition) is 2. The van der Waals surface area contributed by atoms with Gasteiger partial charge < -0.3 is 9.64 Å². The van der Waals surface area contributed by atoms with Crippen LogP contribution in [0.3, 0.4) is 0 Å². The van der Waals surface area contributed by atoms with Crippen LogP contribution >= 0.6 is 11.6 Å². The van der Waals surface area contributed by atoms with E-state index in [2.05, 4.69) is 24.3 Å². The molecule has 2 aliphatic rings. The van der Waals surface area contributed by atoms with Crippen LogP contribution in [0.15, 0.2) is 54.6 Å². The van der Waals surface area contributed by atoms with Gasteiger partial charge in [-0.25, -0.2) is 5.48 Å². The van der Waals surface area contributed by atoms with Crippen molar-refractivity contribution >= 4 is 23.4 Å². The molecule has 1 saturated carbocycles. The Morgan fingerprint density at radius 1 is 0.969 bits per heavy atom. The summed E-state index contributed by atoms with van der Waals surface area (Å²) in [6.07, 6.45) is 3.19. The summed E-state index contributed by atoms with van der Waals surface area (Å²) in [6, 6.07) is 17.5. The maximum absolute atomic E-state index is 13.3. The molecule has 0 spiro atoms. The third-order valence-corrected chi connectivity index (χ3v) is 6.98. The predicted octanol–water partition coefficient (Wildman–Crippen LogP) is 4.42. The number of hydrogen-bond acceptors (Lipinski definition) is 4. The average Bonchev–Trinajstić information content (AvgIpc) is 2.84. The lowest BCUT2D eigenvalue weighted by atomic mass is 9.76. The van der Waals surface area contributed by atoms with Gasteiger partial charge in [0.25, 0.3) is 0 Å². The number of carbonyl (C=O) groups is 2. The Kier molecular flexibility index (Phi) is 7.33. The number of nitrogens with one attached hydrogen (secondary N) is 1. The van der Waals surface area contributed by atoms with Gasteiger partial charge in [0.15, 0.2) is 0 Å². The summed E-state index contributed by atoms with van der Waals surface area (Å²) in [5, 5.41) is 9.87. The zero-order valence-electron chi connectivity index (χ0n) is 18.0. The van der Waals surface area contributed by atoms with Gasteiger partial charge in [-0.3, -0.25) is 14.8 Å². The lowest BCUT2D eigenvalue weighted by Gasteiger charge is -2.39. The first-order chi connectivity index (χ1) is 15.5. The summed E-state index contributed by atoms with van der Waals surface area (Å²) in [5.41, 5.74) is 3.07. The third kappa shape index (κ3) is 5.25. The van der Waals surface area contributed by atoms with Crippen molar-refractivity contribution < 1.29 is 19.5 Å². The first-order valence-corrected chi connectivity index (χ1v) is 11.6. The summed E-state index contributed by atoms with van der Waals surface area (Å²) in [4.78, 5) is 27.7. The van der Waals surface area contributed by atoms with Crippen molar-refractivity contribution in [3.05, 3.63) is 65.2 Å². The monoisotopic (exact) mass is 456 g/mol. The van der Waals surface area contributed by atoms with Gasteiger partial charge in [-0.15, -0.1) is 0 Å². The van der Waals surface area contributed by atoms with Crippen molar-refractivity contribution in [3.8, 4) is 5.75 Å². The van der Waals surface area contributed by atoms with Gasteiger partial charge in [0.05, 0.1) is 17.9 Å². The maximum Gasteiger partial charge on any atom is 0.247 e. The number of likely N-dealkylation sites (tertiary alicyclic amines) is 1. The van der Waals surface area contributed by atoms with Crippen LogP contribution in [0.2, 0.25) is 5.02 Å². The molecule has 2 fully saturated rings. The Balaban J connectivity index is 1.39. The topological polar surface area (TPSA) is 78.9 Å². The number of benzene rings is 2. The van der Waals surface area contributed by atoms with E-state index in [1.807, 2.05) is 23.1 Å². The maximum atomic E-state index is 13.3. The normalized spacial score (nSPS) is 24.1. The summed E-state index contributed by atoms with van der Waals surface area (Å²) >= 11 is 6.04. The van der Waals surface area contributed by atoms with Crippen LogP contribution in [0.4, 0.5) is 0 Å². The van der Waals surface area contributed by atoms with Crippen LogP contribution in [0.5, 0.6) is 5.75 Å². The average molecular weight is 457 g/mol. The number of ether oxygens (including phenoxy) is 1. The molecule has 2 amide bonds. The number of carbonyl (C=O) groups excluding carboxylic acids is 2. The van der Waals surface area contributed by atoms with E-state index in [4.69, 9.17) is 16.3 Å². The van der Waals surface area contributed by atoms with Gasteiger partial charge in [0.2, 0.25) is 11.8 Å². The summed E-state index contributed by atoms with van der Waals surface area (Å²) < 4.78 is 6.03. The first-order valence-electron chi connectivity index (χ1n) is 11.2.